The van der Waals surface area contributed by atoms with Crippen LogP contribution in [-0.4, -0.2) is 62.4 Å². The maximum Gasteiger partial charge on any atom is 0.211 e. The highest BCUT2D eigenvalue weighted by atomic mass is 32.2. The highest BCUT2D eigenvalue weighted by molar-refractivity contribution is 7.88. The fourth-order valence-corrected chi connectivity index (χ4v) is 3.84. The summed E-state index contributed by atoms with van der Waals surface area (Å²) in [6.07, 6.45) is 8.77. The molecule has 7 heteroatoms. The van der Waals surface area contributed by atoms with Gasteiger partial charge in [0.25, 0.3) is 0 Å². The summed E-state index contributed by atoms with van der Waals surface area (Å²) >= 11 is 0. The maximum absolute atomic E-state index is 12.4. The lowest BCUT2D eigenvalue weighted by atomic mass is 10.1. The van der Waals surface area contributed by atoms with Crippen molar-refractivity contribution in [2.75, 3.05) is 32.9 Å². The summed E-state index contributed by atoms with van der Waals surface area (Å²) in [5, 5.41) is 0. The van der Waals surface area contributed by atoms with E-state index in [0.717, 1.165) is 32.5 Å². The number of halogens is 1. The average Bonchev–Trinajstić information content (AvgIpc) is 3.01. The van der Waals surface area contributed by atoms with Crippen LogP contribution in [0.15, 0.2) is 35.2 Å². The second-order valence-electron chi connectivity index (χ2n) is 6.38. The Balaban J connectivity index is 0.000000194. The van der Waals surface area contributed by atoms with Crippen LogP contribution in [0.1, 0.15) is 26.2 Å². The zero-order valence-corrected chi connectivity index (χ0v) is 15.3. The molecule has 24 heavy (non-hydrogen) atoms. The molecule has 134 valence electrons. The van der Waals surface area contributed by atoms with Gasteiger partial charge in [-0.25, -0.2) is 17.1 Å². The van der Waals surface area contributed by atoms with Crippen LogP contribution in [0.2, 0.25) is 0 Å². The summed E-state index contributed by atoms with van der Waals surface area (Å²) in [7, 11) is -1.33. The minimum Gasteiger partial charge on any atom is -0.303 e. The summed E-state index contributed by atoms with van der Waals surface area (Å²) in [5.74, 6) is -0.565. The van der Waals surface area contributed by atoms with Crippen LogP contribution in [0.5, 0.6) is 0 Å². The van der Waals surface area contributed by atoms with Gasteiger partial charge in [-0.2, -0.15) is 0 Å². The number of rotatable bonds is 4. The highest BCUT2D eigenvalue weighted by Crippen LogP contribution is 2.30. The van der Waals surface area contributed by atoms with E-state index in [0.29, 0.717) is 5.57 Å². The molecule has 1 aliphatic heterocycles. The molecule has 1 fully saturated rings. The molecule has 3 rings (SSSR count). The van der Waals surface area contributed by atoms with Crippen LogP contribution >= 0.6 is 0 Å². The largest absolute Gasteiger partial charge is 0.303 e. The number of ketones is 1. The average molecular weight is 356 g/mol. The number of carbonyl (C=O) groups is 1. The molecule has 0 saturated carbocycles. The molecule has 0 radical (unpaired) electrons. The molecule has 0 aromatic rings. The van der Waals surface area contributed by atoms with Gasteiger partial charge in [0.15, 0.2) is 5.78 Å². The van der Waals surface area contributed by atoms with Crippen molar-refractivity contribution in [3.05, 3.63) is 35.2 Å². The fourth-order valence-electron chi connectivity index (χ4n) is 3.09. The van der Waals surface area contributed by atoms with Crippen LogP contribution in [-0.2, 0) is 14.8 Å². The smallest absolute Gasteiger partial charge is 0.211 e. The van der Waals surface area contributed by atoms with E-state index in [-0.39, 0.29) is 17.4 Å². The first kappa shape index (κ1) is 19.0. The van der Waals surface area contributed by atoms with E-state index in [1.54, 1.807) is 13.1 Å². The van der Waals surface area contributed by atoms with Crippen LogP contribution < -0.4 is 0 Å². The summed E-state index contributed by atoms with van der Waals surface area (Å²) in [5.41, 5.74) is 0.688. The second kappa shape index (κ2) is 7.72. The van der Waals surface area contributed by atoms with Gasteiger partial charge >= 0.3 is 0 Å². The molecular formula is C17H25FN2O3S. The van der Waals surface area contributed by atoms with E-state index in [1.165, 1.54) is 29.1 Å². The number of likely N-dealkylation sites (tertiary alicyclic amines) is 1. The van der Waals surface area contributed by atoms with E-state index in [1.807, 2.05) is 0 Å². The van der Waals surface area contributed by atoms with Crippen molar-refractivity contribution in [2.45, 2.75) is 32.2 Å². The van der Waals surface area contributed by atoms with Crippen molar-refractivity contribution in [3.8, 4) is 0 Å². The van der Waals surface area contributed by atoms with Gasteiger partial charge in [0.2, 0.25) is 10.0 Å². The van der Waals surface area contributed by atoms with Gasteiger partial charge in [-0.1, -0.05) is 13.0 Å². The van der Waals surface area contributed by atoms with Crippen molar-refractivity contribution >= 4 is 15.8 Å². The van der Waals surface area contributed by atoms with Crippen LogP contribution in [0.4, 0.5) is 4.39 Å². The minimum absolute atomic E-state index is 0.174. The Morgan fingerprint density at radius 2 is 1.92 bits per heavy atom. The zero-order valence-electron chi connectivity index (χ0n) is 14.5. The lowest BCUT2D eigenvalue weighted by Gasteiger charge is -2.35. The van der Waals surface area contributed by atoms with Gasteiger partial charge in [-0.15, -0.1) is 0 Å². The quantitative estimate of drug-likeness (QED) is 0.773. The number of piperidine rings is 1. The standard InChI is InChI=1S/C10H22N2O2S.C7H3FO/c1-4-7-12-8-5-10(6-9-12)11(2)15(3,13)14;8-6-3-4-1-2-5(6)7(4)9/h10H,4-9H2,1-3H3;1-3H. The minimum atomic E-state index is -3.02. The molecule has 1 heterocycles. The van der Waals surface area contributed by atoms with Crippen molar-refractivity contribution in [2.24, 2.45) is 0 Å². The molecule has 5 nitrogen and oxygen atoms in total. The van der Waals surface area contributed by atoms with Crippen molar-refractivity contribution in [3.63, 3.8) is 0 Å². The SMILES string of the molecule is CCCN1CCC(N(C)S(C)(=O)=O)CC1.O=C1C2=CC(F)=C1C=C2. The molecule has 0 spiro atoms. The lowest BCUT2D eigenvalue weighted by molar-refractivity contribution is -0.111. The maximum atomic E-state index is 12.4. The van der Waals surface area contributed by atoms with Gasteiger partial charge in [0.05, 0.1) is 11.8 Å². The van der Waals surface area contributed by atoms with Gasteiger partial charge in [-0.3, -0.25) is 4.79 Å². The van der Waals surface area contributed by atoms with Crippen molar-refractivity contribution < 1.29 is 17.6 Å². The summed E-state index contributed by atoms with van der Waals surface area (Å²) < 4.78 is 36.6. The fraction of sp³-hybridized carbons (Fsp3) is 0.588. The molecule has 0 amide bonds. The van der Waals surface area contributed by atoms with E-state index < -0.39 is 15.9 Å². The van der Waals surface area contributed by atoms with Crippen LogP contribution in [0.3, 0.4) is 0 Å². The first-order chi connectivity index (χ1) is 11.2. The van der Waals surface area contributed by atoms with Crippen LogP contribution in [0, 0.1) is 0 Å². The molecule has 0 aromatic carbocycles. The Morgan fingerprint density at radius 3 is 2.25 bits per heavy atom. The van der Waals surface area contributed by atoms with Gasteiger partial charge in [0, 0.05) is 18.7 Å². The molecule has 0 aromatic heterocycles. The molecule has 3 aliphatic rings. The molecule has 2 aliphatic carbocycles. The summed E-state index contributed by atoms with van der Waals surface area (Å²) in [6.45, 7) is 5.36. The van der Waals surface area contributed by atoms with E-state index in [4.69, 9.17) is 0 Å². The predicted molar refractivity (Wildman–Crippen MR) is 92.7 cm³/mol. The number of sulfonamides is 1. The normalized spacial score (nSPS) is 21.4. The number of fused-ring (bicyclic) bond motifs is 2. The van der Waals surface area contributed by atoms with Gasteiger partial charge in [-0.05, 0) is 51.0 Å². The summed E-state index contributed by atoms with van der Waals surface area (Å²) in [4.78, 5) is 13.2. The van der Waals surface area contributed by atoms with Gasteiger partial charge in [0.1, 0.15) is 5.83 Å². The number of allylic oxidation sites excluding steroid dienone is 6. The third-order valence-electron chi connectivity index (χ3n) is 4.61. The van der Waals surface area contributed by atoms with Crippen molar-refractivity contribution in [1.82, 2.24) is 9.21 Å². The number of nitrogens with zero attached hydrogens (tertiary/aromatic N) is 2. The van der Waals surface area contributed by atoms with Gasteiger partial charge < -0.3 is 4.90 Å². The first-order valence-corrected chi connectivity index (χ1v) is 10.1. The molecule has 2 bridgehead atoms. The Morgan fingerprint density at radius 1 is 1.29 bits per heavy atom. The lowest BCUT2D eigenvalue weighted by Crippen LogP contribution is -2.45. The molecule has 0 unspecified atom stereocenters. The molecule has 0 atom stereocenters. The monoisotopic (exact) mass is 356 g/mol. The van der Waals surface area contributed by atoms with E-state index >= 15 is 0 Å². The third-order valence-corrected chi connectivity index (χ3v) is 5.95. The molecular weight excluding hydrogens is 331 g/mol. The predicted octanol–water partition coefficient (Wildman–Crippen LogP) is 2.04. The topological polar surface area (TPSA) is 57.7 Å². The van der Waals surface area contributed by atoms with Crippen molar-refractivity contribution in [1.29, 1.82) is 0 Å². The number of hydrogen-bond acceptors (Lipinski definition) is 4. The number of hydrogen-bond donors (Lipinski definition) is 0. The Labute approximate surface area is 143 Å². The Hall–Kier alpha value is -1.31. The number of carbonyl (C=O) groups excluding carboxylic acids is 1. The number of Topliss-reactive ketones (excluding diaryl/α,β-unsaturated/α-hetero) is 1. The Bertz CT molecular complexity index is 687. The van der Waals surface area contributed by atoms with E-state index in [2.05, 4.69) is 11.8 Å². The summed E-state index contributed by atoms with van der Waals surface area (Å²) in [6, 6.07) is 0.202. The first-order valence-electron chi connectivity index (χ1n) is 8.23. The van der Waals surface area contributed by atoms with E-state index in [9.17, 15) is 17.6 Å². The Kier molecular flexibility index (Phi) is 6.11. The third kappa shape index (κ3) is 4.40. The molecule has 0 N–H and O–H groups in total. The highest BCUT2D eigenvalue weighted by Gasteiger charge is 2.27. The zero-order chi connectivity index (χ0) is 17.9. The second-order valence-corrected chi connectivity index (χ2v) is 8.42. The molecule has 1 saturated heterocycles. The van der Waals surface area contributed by atoms with Crippen LogP contribution in [0.25, 0.3) is 0 Å².